The minimum absolute atomic E-state index is 0.243. The Labute approximate surface area is 134 Å². The van der Waals surface area contributed by atoms with Crippen molar-refractivity contribution >= 4 is 11.9 Å². The van der Waals surface area contributed by atoms with Crippen LogP contribution in [0.2, 0.25) is 0 Å². The minimum atomic E-state index is -4.73. The average Bonchev–Trinajstić information content (AvgIpc) is 2.87. The molecule has 1 aromatic heterocycles. The fourth-order valence-electron chi connectivity index (χ4n) is 2.01. The highest BCUT2D eigenvalue weighted by atomic mass is 19.4. The van der Waals surface area contributed by atoms with Crippen LogP contribution in [0.25, 0.3) is 5.69 Å². The van der Waals surface area contributed by atoms with Gasteiger partial charge in [0, 0.05) is 0 Å². The third-order valence-corrected chi connectivity index (χ3v) is 3.15. The highest BCUT2D eigenvalue weighted by molar-refractivity contribution is 5.95. The molecule has 0 fully saturated rings. The maximum atomic E-state index is 12.4. The lowest BCUT2D eigenvalue weighted by atomic mass is 10.2. The van der Waals surface area contributed by atoms with E-state index in [1.54, 1.807) is 30.3 Å². The van der Waals surface area contributed by atoms with Crippen molar-refractivity contribution in [2.45, 2.75) is 25.6 Å². The number of halogens is 3. The van der Waals surface area contributed by atoms with E-state index in [2.05, 4.69) is 10.3 Å². The molecule has 0 radical (unpaired) electrons. The number of carboxylic acid groups (broad SMARTS) is 1. The predicted molar refractivity (Wildman–Crippen MR) is 75.7 cm³/mol. The monoisotopic (exact) mass is 342 g/mol. The van der Waals surface area contributed by atoms with Crippen molar-refractivity contribution in [3.8, 4) is 5.69 Å². The lowest BCUT2D eigenvalue weighted by molar-refractivity contribution is -0.157. The Morgan fingerprint density at radius 3 is 2.46 bits per heavy atom. The van der Waals surface area contributed by atoms with Crippen LogP contribution in [-0.2, 0) is 4.79 Å². The number of aliphatic carboxylic acids is 1. The Hall–Kier alpha value is -2.91. The van der Waals surface area contributed by atoms with E-state index in [-0.39, 0.29) is 11.4 Å². The van der Waals surface area contributed by atoms with Gasteiger partial charge in [0.1, 0.15) is 6.04 Å². The molecule has 0 saturated heterocycles. The summed E-state index contributed by atoms with van der Waals surface area (Å²) in [5.74, 6) is -2.82. The lowest BCUT2D eigenvalue weighted by Gasteiger charge is -2.15. The van der Waals surface area contributed by atoms with Crippen LogP contribution in [-0.4, -0.2) is 44.2 Å². The zero-order chi connectivity index (χ0) is 17.9. The standard InChI is InChI=1S/C14H13F3N4O3/c1-8-11(19-20-21(8)9-5-3-2-4-6-9)12(22)18-10(13(23)24)7-14(15,16)17/h2-6,10H,7H2,1H3,(H,18,22)(H,23,24). The minimum Gasteiger partial charge on any atom is -0.480 e. The van der Waals surface area contributed by atoms with Crippen LogP contribution in [0.3, 0.4) is 0 Å². The molecule has 2 N–H and O–H groups in total. The van der Waals surface area contributed by atoms with Crippen LogP contribution >= 0.6 is 0 Å². The molecule has 0 aliphatic heterocycles. The summed E-state index contributed by atoms with van der Waals surface area (Å²) in [5.41, 5.74) is 0.633. The van der Waals surface area contributed by atoms with Gasteiger partial charge in [0.2, 0.25) is 0 Å². The van der Waals surface area contributed by atoms with Crippen LogP contribution in [0, 0.1) is 6.92 Å². The van der Waals surface area contributed by atoms with Crippen LogP contribution < -0.4 is 5.32 Å². The molecule has 0 aliphatic rings. The van der Waals surface area contributed by atoms with Gasteiger partial charge in [0.25, 0.3) is 5.91 Å². The maximum Gasteiger partial charge on any atom is 0.391 e. The molecule has 1 unspecified atom stereocenters. The fourth-order valence-corrected chi connectivity index (χ4v) is 2.01. The summed E-state index contributed by atoms with van der Waals surface area (Å²) >= 11 is 0. The Kier molecular flexibility index (Phi) is 4.86. The molecule has 0 saturated carbocycles. The Bertz CT molecular complexity index is 743. The van der Waals surface area contributed by atoms with Gasteiger partial charge >= 0.3 is 12.1 Å². The largest absolute Gasteiger partial charge is 0.480 e. The lowest BCUT2D eigenvalue weighted by Crippen LogP contribution is -2.43. The van der Waals surface area contributed by atoms with E-state index in [0.29, 0.717) is 5.69 Å². The van der Waals surface area contributed by atoms with Gasteiger partial charge in [0.05, 0.1) is 17.8 Å². The van der Waals surface area contributed by atoms with E-state index < -0.39 is 30.5 Å². The summed E-state index contributed by atoms with van der Waals surface area (Å²) in [6, 6.07) is 6.55. The first-order valence-electron chi connectivity index (χ1n) is 6.77. The normalized spacial score (nSPS) is 12.7. The topological polar surface area (TPSA) is 97.1 Å². The molecular formula is C14H13F3N4O3. The third-order valence-electron chi connectivity index (χ3n) is 3.15. The number of para-hydroxylation sites is 1. The fraction of sp³-hybridized carbons (Fsp3) is 0.286. The molecule has 0 bridgehead atoms. The molecule has 0 aliphatic carbocycles. The molecule has 1 heterocycles. The number of alkyl halides is 3. The molecule has 128 valence electrons. The van der Waals surface area contributed by atoms with E-state index in [0.717, 1.165) is 0 Å². The van der Waals surface area contributed by atoms with Crippen molar-refractivity contribution < 1.29 is 27.9 Å². The maximum absolute atomic E-state index is 12.4. The highest BCUT2D eigenvalue weighted by Gasteiger charge is 2.37. The second-order valence-electron chi connectivity index (χ2n) is 4.95. The molecule has 1 amide bonds. The summed E-state index contributed by atoms with van der Waals surface area (Å²) in [6.07, 6.45) is -6.41. The van der Waals surface area contributed by atoms with E-state index in [4.69, 9.17) is 5.11 Å². The SMILES string of the molecule is Cc1c(C(=O)NC(CC(F)(F)F)C(=O)O)nnn1-c1ccccc1. The number of carbonyl (C=O) groups is 2. The van der Waals surface area contributed by atoms with Crippen molar-refractivity contribution in [3.63, 3.8) is 0 Å². The van der Waals surface area contributed by atoms with Gasteiger partial charge in [-0.3, -0.25) is 4.79 Å². The molecule has 0 spiro atoms. The number of hydrogen-bond acceptors (Lipinski definition) is 4. The van der Waals surface area contributed by atoms with Gasteiger partial charge in [-0.1, -0.05) is 23.4 Å². The number of nitrogens with one attached hydrogen (secondary N) is 1. The number of amides is 1. The first-order chi connectivity index (χ1) is 11.2. The second-order valence-corrected chi connectivity index (χ2v) is 4.95. The molecule has 24 heavy (non-hydrogen) atoms. The number of benzene rings is 1. The molecule has 7 nitrogen and oxygen atoms in total. The summed E-state index contributed by atoms with van der Waals surface area (Å²) in [5, 5.41) is 18.0. The first kappa shape index (κ1) is 17.4. The number of carboxylic acids is 1. The third kappa shape index (κ3) is 4.09. The molecule has 10 heteroatoms. The van der Waals surface area contributed by atoms with Crippen LogP contribution in [0.4, 0.5) is 13.2 Å². The number of hydrogen-bond donors (Lipinski definition) is 2. The average molecular weight is 342 g/mol. The van der Waals surface area contributed by atoms with Crippen LogP contribution in [0.15, 0.2) is 30.3 Å². The molecular weight excluding hydrogens is 329 g/mol. The van der Waals surface area contributed by atoms with Crippen LogP contribution in [0.5, 0.6) is 0 Å². The molecule has 2 rings (SSSR count). The molecule has 2 aromatic rings. The van der Waals surface area contributed by atoms with E-state index in [1.807, 2.05) is 5.32 Å². The summed E-state index contributed by atoms with van der Waals surface area (Å²) in [4.78, 5) is 23.0. The van der Waals surface area contributed by atoms with Gasteiger partial charge in [0.15, 0.2) is 5.69 Å². The smallest absolute Gasteiger partial charge is 0.391 e. The van der Waals surface area contributed by atoms with E-state index in [1.165, 1.54) is 11.6 Å². The molecule has 1 atom stereocenters. The van der Waals surface area contributed by atoms with Gasteiger partial charge < -0.3 is 10.4 Å². The van der Waals surface area contributed by atoms with Crippen molar-refractivity contribution in [3.05, 3.63) is 41.7 Å². The van der Waals surface area contributed by atoms with Gasteiger partial charge in [-0.2, -0.15) is 13.2 Å². The number of aromatic nitrogens is 3. The van der Waals surface area contributed by atoms with Crippen LogP contribution in [0.1, 0.15) is 22.6 Å². The predicted octanol–water partition coefficient (Wildman–Crippen LogP) is 1.71. The Balaban J connectivity index is 2.21. The zero-order valence-corrected chi connectivity index (χ0v) is 12.4. The summed E-state index contributed by atoms with van der Waals surface area (Å²) in [7, 11) is 0. The second kappa shape index (κ2) is 6.69. The quantitative estimate of drug-likeness (QED) is 0.862. The van der Waals surface area contributed by atoms with Crippen molar-refractivity contribution in [1.82, 2.24) is 20.3 Å². The van der Waals surface area contributed by atoms with E-state index in [9.17, 15) is 22.8 Å². The summed E-state index contributed by atoms with van der Waals surface area (Å²) < 4.78 is 38.5. The van der Waals surface area contributed by atoms with Gasteiger partial charge in [-0.05, 0) is 19.1 Å². The van der Waals surface area contributed by atoms with Gasteiger partial charge in [-0.15, -0.1) is 5.10 Å². The Morgan fingerprint density at radius 1 is 1.29 bits per heavy atom. The number of nitrogens with zero attached hydrogens (tertiary/aromatic N) is 3. The molecule has 1 aromatic carbocycles. The highest BCUT2D eigenvalue weighted by Crippen LogP contribution is 2.22. The van der Waals surface area contributed by atoms with Gasteiger partial charge in [-0.25, -0.2) is 9.48 Å². The number of carbonyl (C=O) groups excluding carboxylic acids is 1. The Morgan fingerprint density at radius 2 is 1.92 bits per heavy atom. The summed E-state index contributed by atoms with van der Waals surface area (Å²) in [6.45, 7) is 1.50. The first-order valence-corrected chi connectivity index (χ1v) is 6.77. The van der Waals surface area contributed by atoms with Crippen molar-refractivity contribution in [1.29, 1.82) is 0 Å². The zero-order valence-electron chi connectivity index (χ0n) is 12.4. The van der Waals surface area contributed by atoms with E-state index >= 15 is 0 Å². The van der Waals surface area contributed by atoms with Crippen molar-refractivity contribution in [2.75, 3.05) is 0 Å². The number of rotatable bonds is 5. The van der Waals surface area contributed by atoms with Crippen molar-refractivity contribution in [2.24, 2.45) is 0 Å².